The summed E-state index contributed by atoms with van der Waals surface area (Å²) in [6.45, 7) is 1.85. The molecule has 1 atom stereocenters. The lowest BCUT2D eigenvalue weighted by Crippen LogP contribution is -2.36. The summed E-state index contributed by atoms with van der Waals surface area (Å²) in [6, 6.07) is 0. The van der Waals surface area contributed by atoms with Crippen molar-refractivity contribution in [1.29, 1.82) is 0 Å². The molecule has 88 valence electrons. The standard InChI is InChI=1S/C12H22O3/c1-12(14,9-8-11(13)15-2)10-6-4-3-5-7-10/h10,14H,3-9H2,1-2H3/t12-/m0/s1. The number of hydrogen-bond donors (Lipinski definition) is 1. The number of esters is 1. The molecule has 1 N–H and O–H groups in total. The highest BCUT2D eigenvalue weighted by atomic mass is 16.5. The number of carbonyl (C=O) groups excluding carboxylic acids is 1. The van der Waals surface area contributed by atoms with Gasteiger partial charge in [-0.1, -0.05) is 19.3 Å². The maximum Gasteiger partial charge on any atom is 0.305 e. The summed E-state index contributed by atoms with van der Waals surface area (Å²) in [6.07, 6.45) is 6.72. The predicted molar refractivity (Wildman–Crippen MR) is 58.4 cm³/mol. The lowest BCUT2D eigenvalue weighted by atomic mass is 9.76. The summed E-state index contributed by atoms with van der Waals surface area (Å²) in [7, 11) is 1.39. The molecule has 0 aliphatic heterocycles. The van der Waals surface area contributed by atoms with Gasteiger partial charge in [-0.05, 0) is 32.1 Å². The number of ether oxygens (including phenoxy) is 1. The molecule has 3 heteroatoms. The Kier molecular flexibility index (Phi) is 4.58. The highest BCUT2D eigenvalue weighted by molar-refractivity contribution is 5.69. The zero-order chi connectivity index (χ0) is 11.3. The monoisotopic (exact) mass is 214 g/mol. The van der Waals surface area contributed by atoms with E-state index in [1.807, 2.05) is 6.92 Å². The molecule has 1 rings (SSSR count). The zero-order valence-electron chi connectivity index (χ0n) is 9.79. The van der Waals surface area contributed by atoms with Gasteiger partial charge in [0, 0.05) is 6.42 Å². The van der Waals surface area contributed by atoms with Crippen LogP contribution in [0.3, 0.4) is 0 Å². The Labute approximate surface area is 91.8 Å². The molecular formula is C12H22O3. The van der Waals surface area contributed by atoms with Gasteiger partial charge in [0.25, 0.3) is 0 Å². The molecular weight excluding hydrogens is 192 g/mol. The molecule has 1 aliphatic rings. The van der Waals surface area contributed by atoms with E-state index < -0.39 is 5.60 Å². The fourth-order valence-electron chi connectivity index (χ4n) is 2.39. The first-order valence-electron chi connectivity index (χ1n) is 5.85. The minimum absolute atomic E-state index is 0.230. The summed E-state index contributed by atoms with van der Waals surface area (Å²) in [5.41, 5.74) is -0.700. The largest absolute Gasteiger partial charge is 0.469 e. The van der Waals surface area contributed by atoms with Gasteiger partial charge < -0.3 is 9.84 Å². The van der Waals surface area contributed by atoms with E-state index in [-0.39, 0.29) is 5.97 Å². The van der Waals surface area contributed by atoms with Crippen molar-refractivity contribution in [2.75, 3.05) is 7.11 Å². The van der Waals surface area contributed by atoms with Gasteiger partial charge >= 0.3 is 5.97 Å². The van der Waals surface area contributed by atoms with E-state index in [1.165, 1.54) is 26.4 Å². The lowest BCUT2D eigenvalue weighted by molar-refractivity contribution is -0.142. The molecule has 15 heavy (non-hydrogen) atoms. The highest BCUT2D eigenvalue weighted by Gasteiger charge is 2.32. The van der Waals surface area contributed by atoms with Crippen LogP contribution in [-0.2, 0) is 9.53 Å². The first kappa shape index (κ1) is 12.5. The predicted octanol–water partition coefficient (Wildman–Crippen LogP) is 2.27. The average molecular weight is 214 g/mol. The number of methoxy groups -OCH3 is 1. The Morgan fingerprint density at radius 2 is 2.00 bits per heavy atom. The van der Waals surface area contributed by atoms with Crippen LogP contribution in [-0.4, -0.2) is 23.8 Å². The smallest absolute Gasteiger partial charge is 0.305 e. The van der Waals surface area contributed by atoms with Gasteiger partial charge in [-0.3, -0.25) is 4.79 Å². The van der Waals surface area contributed by atoms with Crippen molar-refractivity contribution < 1.29 is 14.6 Å². The molecule has 0 heterocycles. The Hall–Kier alpha value is -0.570. The van der Waals surface area contributed by atoms with Crippen LogP contribution < -0.4 is 0 Å². The van der Waals surface area contributed by atoms with E-state index in [2.05, 4.69) is 4.74 Å². The van der Waals surface area contributed by atoms with Crippen molar-refractivity contribution in [2.24, 2.45) is 5.92 Å². The van der Waals surface area contributed by atoms with Gasteiger partial charge in [0.05, 0.1) is 12.7 Å². The van der Waals surface area contributed by atoms with Crippen molar-refractivity contribution >= 4 is 5.97 Å². The molecule has 1 aliphatic carbocycles. The molecule has 0 aromatic carbocycles. The molecule has 0 radical (unpaired) electrons. The lowest BCUT2D eigenvalue weighted by Gasteiger charge is -2.35. The fourth-order valence-corrected chi connectivity index (χ4v) is 2.39. The SMILES string of the molecule is COC(=O)CC[C@](C)(O)C1CCCCC1. The molecule has 1 saturated carbocycles. The fraction of sp³-hybridized carbons (Fsp3) is 0.917. The van der Waals surface area contributed by atoms with Crippen molar-refractivity contribution in [3.63, 3.8) is 0 Å². The van der Waals surface area contributed by atoms with Crippen LogP contribution >= 0.6 is 0 Å². The quantitative estimate of drug-likeness (QED) is 0.730. The maximum atomic E-state index is 11.0. The summed E-state index contributed by atoms with van der Waals surface area (Å²) in [4.78, 5) is 11.0. The van der Waals surface area contributed by atoms with Gasteiger partial charge in [-0.2, -0.15) is 0 Å². The zero-order valence-corrected chi connectivity index (χ0v) is 9.79. The van der Waals surface area contributed by atoms with E-state index in [0.717, 1.165) is 12.8 Å². The Morgan fingerprint density at radius 1 is 1.40 bits per heavy atom. The summed E-state index contributed by atoms with van der Waals surface area (Å²) in [5, 5.41) is 10.3. The van der Waals surface area contributed by atoms with Gasteiger partial charge in [-0.15, -0.1) is 0 Å². The molecule has 0 aromatic rings. The molecule has 1 fully saturated rings. The third-order valence-corrected chi connectivity index (χ3v) is 3.55. The molecule has 3 nitrogen and oxygen atoms in total. The third-order valence-electron chi connectivity index (χ3n) is 3.55. The number of rotatable bonds is 4. The first-order valence-corrected chi connectivity index (χ1v) is 5.85. The van der Waals surface area contributed by atoms with Crippen LogP contribution in [0.15, 0.2) is 0 Å². The highest BCUT2D eigenvalue weighted by Crippen LogP contribution is 2.35. The van der Waals surface area contributed by atoms with Gasteiger partial charge in [0.15, 0.2) is 0 Å². The molecule has 0 aromatic heterocycles. The summed E-state index contributed by atoms with van der Waals surface area (Å²) >= 11 is 0. The van der Waals surface area contributed by atoms with E-state index >= 15 is 0 Å². The minimum Gasteiger partial charge on any atom is -0.469 e. The van der Waals surface area contributed by atoms with E-state index in [4.69, 9.17) is 0 Å². The molecule has 0 saturated heterocycles. The minimum atomic E-state index is -0.700. The van der Waals surface area contributed by atoms with Gasteiger partial charge in [0.2, 0.25) is 0 Å². The van der Waals surface area contributed by atoms with E-state index in [0.29, 0.717) is 18.8 Å². The molecule has 0 unspecified atom stereocenters. The second-order valence-corrected chi connectivity index (χ2v) is 4.77. The van der Waals surface area contributed by atoms with Crippen LogP contribution in [0.4, 0.5) is 0 Å². The Bertz CT molecular complexity index is 205. The van der Waals surface area contributed by atoms with Crippen molar-refractivity contribution in [3.05, 3.63) is 0 Å². The van der Waals surface area contributed by atoms with Crippen LogP contribution in [0.1, 0.15) is 51.9 Å². The second kappa shape index (κ2) is 5.50. The van der Waals surface area contributed by atoms with Crippen LogP contribution in [0.2, 0.25) is 0 Å². The number of carbonyl (C=O) groups is 1. The van der Waals surface area contributed by atoms with Crippen LogP contribution in [0.25, 0.3) is 0 Å². The number of aliphatic hydroxyl groups is 1. The van der Waals surface area contributed by atoms with Crippen molar-refractivity contribution in [2.45, 2.75) is 57.5 Å². The molecule has 0 spiro atoms. The van der Waals surface area contributed by atoms with E-state index in [1.54, 1.807) is 0 Å². The molecule has 0 bridgehead atoms. The van der Waals surface area contributed by atoms with Gasteiger partial charge in [-0.25, -0.2) is 0 Å². The normalized spacial score (nSPS) is 22.1. The summed E-state index contributed by atoms with van der Waals surface area (Å²) in [5.74, 6) is 0.127. The molecule has 0 amide bonds. The second-order valence-electron chi connectivity index (χ2n) is 4.77. The van der Waals surface area contributed by atoms with Crippen LogP contribution in [0, 0.1) is 5.92 Å². The van der Waals surface area contributed by atoms with Crippen molar-refractivity contribution in [3.8, 4) is 0 Å². The third kappa shape index (κ3) is 3.82. The average Bonchev–Trinajstić information content (AvgIpc) is 2.27. The summed E-state index contributed by atoms with van der Waals surface area (Å²) < 4.78 is 4.58. The Balaban J connectivity index is 2.38. The van der Waals surface area contributed by atoms with Crippen molar-refractivity contribution in [1.82, 2.24) is 0 Å². The maximum absolute atomic E-state index is 11.0. The number of hydrogen-bond acceptors (Lipinski definition) is 3. The topological polar surface area (TPSA) is 46.5 Å². The van der Waals surface area contributed by atoms with Gasteiger partial charge in [0.1, 0.15) is 0 Å². The first-order chi connectivity index (χ1) is 7.06. The van der Waals surface area contributed by atoms with E-state index in [9.17, 15) is 9.90 Å². The Morgan fingerprint density at radius 3 is 2.53 bits per heavy atom. The van der Waals surface area contributed by atoms with Crippen LogP contribution in [0.5, 0.6) is 0 Å².